The summed E-state index contributed by atoms with van der Waals surface area (Å²) in [6.07, 6.45) is 4.96. The summed E-state index contributed by atoms with van der Waals surface area (Å²) in [6.45, 7) is 0.843. The highest BCUT2D eigenvalue weighted by Gasteiger charge is 2.26. The third-order valence-electron chi connectivity index (χ3n) is 5.11. The number of anilines is 1. The molecule has 1 amide bonds. The van der Waals surface area contributed by atoms with Gasteiger partial charge in [-0.1, -0.05) is 6.42 Å². The van der Waals surface area contributed by atoms with Gasteiger partial charge in [0, 0.05) is 31.3 Å². The molecule has 2 aliphatic heterocycles. The molecule has 2 aromatic rings. The number of hydrogen-bond donors (Lipinski definition) is 0. The van der Waals surface area contributed by atoms with E-state index in [9.17, 15) is 18.4 Å². The van der Waals surface area contributed by atoms with E-state index < -0.39 is 11.6 Å². The van der Waals surface area contributed by atoms with Crippen LogP contribution in [0.4, 0.5) is 14.5 Å². The number of aromatic nitrogens is 3. The lowest BCUT2D eigenvalue weighted by atomic mass is 10.0. The van der Waals surface area contributed by atoms with Crippen molar-refractivity contribution in [2.45, 2.75) is 51.6 Å². The van der Waals surface area contributed by atoms with Crippen molar-refractivity contribution in [3.63, 3.8) is 0 Å². The van der Waals surface area contributed by atoms with Crippen molar-refractivity contribution in [1.82, 2.24) is 14.3 Å². The SMILES string of the molecule is O=C(Cn1nc2n(c1=O)CCCCC2)N1CCCc2cc(F)c(F)cc21. The van der Waals surface area contributed by atoms with Crippen LogP contribution in [0.5, 0.6) is 0 Å². The fraction of sp³-hybridized carbons (Fsp3) is 0.500. The normalized spacial score (nSPS) is 16.8. The maximum Gasteiger partial charge on any atom is 0.346 e. The molecule has 1 aromatic heterocycles. The molecule has 2 aliphatic rings. The first-order valence-electron chi connectivity index (χ1n) is 8.99. The minimum Gasteiger partial charge on any atom is -0.310 e. The summed E-state index contributed by atoms with van der Waals surface area (Å²) in [4.78, 5) is 26.7. The summed E-state index contributed by atoms with van der Waals surface area (Å²) in [5.74, 6) is -1.51. The van der Waals surface area contributed by atoms with Gasteiger partial charge in [-0.2, -0.15) is 5.10 Å². The van der Waals surface area contributed by atoms with Gasteiger partial charge in [-0.25, -0.2) is 18.3 Å². The van der Waals surface area contributed by atoms with Gasteiger partial charge in [-0.05, 0) is 37.3 Å². The molecule has 138 valence electrons. The highest BCUT2D eigenvalue weighted by Crippen LogP contribution is 2.29. The van der Waals surface area contributed by atoms with Crippen molar-refractivity contribution in [2.75, 3.05) is 11.4 Å². The van der Waals surface area contributed by atoms with Gasteiger partial charge in [0.15, 0.2) is 11.6 Å². The van der Waals surface area contributed by atoms with Crippen molar-refractivity contribution in [3.8, 4) is 0 Å². The van der Waals surface area contributed by atoms with Gasteiger partial charge in [-0.3, -0.25) is 9.36 Å². The highest BCUT2D eigenvalue weighted by atomic mass is 19.2. The smallest absolute Gasteiger partial charge is 0.310 e. The summed E-state index contributed by atoms with van der Waals surface area (Å²) in [5.41, 5.74) is 0.711. The maximum atomic E-state index is 13.6. The number of carbonyl (C=O) groups excluding carboxylic acids is 1. The third-order valence-corrected chi connectivity index (χ3v) is 5.11. The molecule has 26 heavy (non-hydrogen) atoms. The molecular weight excluding hydrogens is 342 g/mol. The Hall–Kier alpha value is -2.51. The Bertz CT molecular complexity index is 919. The van der Waals surface area contributed by atoms with Gasteiger partial charge >= 0.3 is 5.69 Å². The lowest BCUT2D eigenvalue weighted by molar-refractivity contribution is -0.119. The van der Waals surface area contributed by atoms with E-state index in [1.54, 1.807) is 4.57 Å². The van der Waals surface area contributed by atoms with Gasteiger partial charge in [0.05, 0.1) is 0 Å². The van der Waals surface area contributed by atoms with Crippen LogP contribution < -0.4 is 10.6 Å². The Balaban J connectivity index is 1.61. The van der Waals surface area contributed by atoms with Crippen LogP contribution in [0.3, 0.4) is 0 Å². The lowest BCUT2D eigenvalue weighted by Crippen LogP contribution is -2.40. The Morgan fingerprint density at radius 1 is 1.04 bits per heavy atom. The molecule has 0 unspecified atom stereocenters. The monoisotopic (exact) mass is 362 g/mol. The summed E-state index contributed by atoms with van der Waals surface area (Å²) < 4.78 is 29.9. The molecule has 0 atom stereocenters. The molecule has 0 N–H and O–H groups in total. The topological polar surface area (TPSA) is 60.1 Å². The van der Waals surface area contributed by atoms with Crippen molar-refractivity contribution < 1.29 is 13.6 Å². The second-order valence-corrected chi connectivity index (χ2v) is 6.86. The fourth-order valence-corrected chi connectivity index (χ4v) is 3.78. The van der Waals surface area contributed by atoms with E-state index in [0.29, 0.717) is 43.0 Å². The second-order valence-electron chi connectivity index (χ2n) is 6.86. The largest absolute Gasteiger partial charge is 0.346 e. The average Bonchev–Trinajstić information content (AvgIpc) is 2.79. The summed E-state index contributed by atoms with van der Waals surface area (Å²) >= 11 is 0. The molecule has 8 heteroatoms. The molecule has 0 saturated heterocycles. The molecule has 0 saturated carbocycles. The van der Waals surface area contributed by atoms with Crippen molar-refractivity contribution in [3.05, 3.63) is 45.6 Å². The van der Waals surface area contributed by atoms with Crippen molar-refractivity contribution >= 4 is 11.6 Å². The van der Waals surface area contributed by atoms with Crippen LogP contribution in [-0.4, -0.2) is 26.8 Å². The van der Waals surface area contributed by atoms with E-state index in [1.165, 1.54) is 9.58 Å². The minimum atomic E-state index is -0.977. The molecule has 0 bridgehead atoms. The number of aryl methyl sites for hydroxylation is 2. The molecule has 1 aromatic carbocycles. The van der Waals surface area contributed by atoms with Crippen LogP contribution in [0.1, 0.15) is 37.1 Å². The van der Waals surface area contributed by atoms with Crippen LogP contribution in [0.2, 0.25) is 0 Å². The predicted octanol–water partition coefficient (Wildman–Crippen LogP) is 2.03. The standard InChI is InChI=1S/C18H20F2N4O2/c19-13-9-12-5-4-8-22(15(12)10-14(13)20)17(25)11-24-18(26)23-7-3-1-2-6-16(23)21-24/h9-10H,1-8,11H2. The van der Waals surface area contributed by atoms with E-state index in [2.05, 4.69) is 5.10 Å². The first kappa shape index (κ1) is 16.9. The Morgan fingerprint density at radius 3 is 2.69 bits per heavy atom. The summed E-state index contributed by atoms with van der Waals surface area (Å²) in [5, 5.41) is 4.32. The highest BCUT2D eigenvalue weighted by molar-refractivity contribution is 5.94. The first-order chi connectivity index (χ1) is 12.5. The van der Waals surface area contributed by atoms with Gasteiger partial charge in [0.25, 0.3) is 0 Å². The van der Waals surface area contributed by atoms with Crippen molar-refractivity contribution in [2.24, 2.45) is 0 Å². The molecule has 3 heterocycles. The van der Waals surface area contributed by atoms with E-state index in [0.717, 1.165) is 37.8 Å². The number of halogens is 2. The number of nitrogens with zero attached hydrogens (tertiary/aromatic N) is 4. The molecule has 4 rings (SSSR count). The number of amides is 1. The van der Waals surface area contributed by atoms with Crippen LogP contribution in [-0.2, 0) is 30.7 Å². The quantitative estimate of drug-likeness (QED) is 0.821. The van der Waals surface area contributed by atoms with E-state index in [-0.39, 0.29) is 18.1 Å². The van der Waals surface area contributed by atoms with E-state index in [4.69, 9.17) is 0 Å². The summed E-state index contributed by atoms with van der Waals surface area (Å²) in [6, 6.07) is 2.21. The zero-order valence-electron chi connectivity index (χ0n) is 14.4. The van der Waals surface area contributed by atoms with Gasteiger partial charge < -0.3 is 4.90 Å². The number of carbonyl (C=O) groups is 1. The molecule has 0 aliphatic carbocycles. The van der Waals surface area contributed by atoms with Crippen molar-refractivity contribution in [1.29, 1.82) is 0 Å². The minimum absolute atomic E-state index is 0.197. The molecule has 0 fully saturated rings. The van der Waals surface area contributed by atoms with Gasteiger partial charge in [0.1, 0.15) is 12.4 Å². The van der Waals surface area contributed by atoms with Crippen LogP contribution in [0.25, 0.3) is 0 Å². The van der Waals surface area contributed by atoms with E-state index in [1.807, 2.05) is 0 Å². The van der Waals surface area contributed by atoms with E-state index >= 15 is 0 Å². The molecular formula is C18H20F2N4O2. The van der Waals surface area contributed by atoms with Crippen LogP contribution in [0.15, 0.2) is 16.9 Å². The first-order valence-corrected chi connectivity index (χ1v) is 8.99. The molecule has 0 radical (unpaired) electrons. The fourth-order valence-electron chi connectivity index (χ4n) is 3.78. The average molecular weight is 362 g/mol. The Labute approximate surface area is 149 Å². The van der Waals surface area contributed by atoms with Crippen LogP contribution in [0, 0.1) is 11.6 Å². The van der Waals surface area contributed by atoms with Crippen LogP contribution >= 0.6 is 0 Å². The Kier molecular flexibility index (Phi) is 4.34. The second kappa shape index (κ2) is 6.66. The molecule has 6 nitrogen and oxygen atoms in total. The zero-order valence-corrected chi connectivity index (χ0v) is 14.4. The zero-order chi connectivity index (χ0) is 18.3. The Morgan fingerprint density at radius 2 is 1.85 bits per heavy atom. The van der Waals surface area contributed by atoms with Gasteiger partial charge in [-0.15, -0.1) is 0 Å². The molecule has 0 spiro atoms. The number of hydrogen-bond acceptors (Lipinski definition) is 3. The number of benzene rings is 1. The summed E-state index contributed by atoms with van der Waals surface area (Å²) in [7, 11) is 0. The number of rotatable bonds is 2. The lowest BCUT2D eigenvalue weighted by Gasteiger charge is -2.29. The predicted molar refractivity (Wildman–Crippen MR) is 91.1 cm³/mol. The number of fused-ring (bicyclic) bond motifs is 2. The maximum absolute atomic E-state index is 13.6. The van der Waals surface area contributed by atoms with Gasteiger partial charge in [0.2, 0.25) is 5.91 Å². The third kappa shape index (κ3) is 2.93.